The summed E-state index contributed by atoms with van der Waals surface area (Å²) in [7, 11) is 0. The summed E-state index contributed by atoms with van der Waals surface area (Å²) in [5.74, 6) is 0. The van der Waals surface area contributed by atoms with E-state index in [1.165, 1.54) is 53.5 Å². The molecule has 1 heterocycles. The van der Waals surface area contributed by atoms with Gasteiger partial charge in [0.25, 0.3) is 0 Å². The summed E-state index contributed by atoms with van der Waals surface area (Å²) in [6, 6.07) is 22.3. The van der Waals surface area contributed by atoms with Crippen molar-refractivity contribution in [3.05, 3.63) is 89.1 Å². The van der Waals surface area contributed by atoms with E-state index in [0.717, 1.165) is 25.0 Å². The number of aromatic nitrogens is 1. The van der Waals surface area contributed by atoms with E-state index < -0.39 is 0 Å². The van der Waals surface area contributed by atoms with Crippen molar-refractivity contribution in [2.75, 3.05) is 0 Å². The molecule has 0 amide bonds. The molecular formula is C26H31N. The lowest BCUT2D eigenvalue weighted by Gasteiger charge is -2.06. The van der Waals surface area contributed by atoms with Crippen LogP contribution in [0, 0.1) is 0 Å². The van der Waals surface area contributed by atoms with E-state index in [9.17, 15) is 0 Å². The molecule has 3 rings (SSSR count). The van der Waals surface area contributed by atoms with Crippen LogP contribution in [0.3, 0.4) is 0 Å². The highest BCUT2D eigenvalue weighted by molar-refractivity contribution is 5.59. The fourth-order valence-electron chi connectivity index (χ4n) is 3.42. The topological polar surface area (TPSA) is 12.9 Å². The summed E-state index contributed by atoms with van der Waals surface area (Å²) in [5, 5.41) is 0. The molecule has 1 heteroatoms. The summed E-state index contributed by atoms with van der Waals surface area (Å²) < 4.78 is 0. The Morgan fingerprint density at radius 2 is 1.11 bits per heavy atom. The lowest BCUT2D eigenvalue weighted by atomic mass is 10.0. The molecule has 0 bridgehead atoms. The predicted molar refractivity (Wildman–Crippen MR) is 116 cm³/mol. The van der Waals surface area contributed by atoms with E-state index in [1.807, 2.05) is 6.20 Å². The summed E-state index contributed by atoms with van der Waals surface area (Å²) in [5.41, 5.74) is 7.82. The Morgan fingerprint density at radius 3 is 1.70 bits per heavy atom. The first-order valence-corrected chi connectivity index (χ1v) is 10.4. The second-order valence-corrected chi connectivity index (χ2v) is 7.42. The van der Waals surface area contributed by atoms with Gasteiger partial charge in [-0.05, 0) is 60.4 Å². The monoisotopic (exact) mass is 357 g/mol. The van der Waals surface area contributed by atoms with E-state index in [4.69, 9.17) is 0 Å². The Labute approximate surface area is 164 Å². The van der Waals surface area contributed by atoms with Gasteiger partial charge in [0, 0.05) is 11.8 Å². The molecule has 2 aromatic carbocycles. The maximum atomic E-state index is 4.68. The minimum atomic E-state index is 1.04. The van der Waals surface area contributed by atoms with E-state index in [1.54, 1.807) is 0 Å². The predicted octanol–water partition coefficient (Wildman–Crippen LogP) is 6.83. The molecule has 0 atom stereocenters. The highest BCUT2D eigenvalue weighted by atomic mass is 14.7. The lowest BCUT2D eigenvalue weighted by Crippen LogP contribution is -1.94. The highest BCUT2D eigenvalue weighted by Gasteiger charge is 2.02. The van der Waals surface area contributed by atoms with Crippen LogP contribution in [0.5, 0.6) is 0 Å². The molecule has 1 aromatic heterocycles. The third-order valence-electron chi connectivity index (χ3n) is 5.16. The molecule has 0 saturated heterocycles. The Balaban J connectivity index is 1.55. The number of aryl methyl sites for hydroxylation is 4. The molecule has 140 valence electrons. The highest BCUT2D eigenvalue weighted by Crippen LogP contribution is 2.19. The maximum absolute atomic E-state index is 4.68. The van der Waals surface area contributed by atoms with E-state index >= 15 is 0 Å². The zero-order valence-corrected chi connectivity index (χ0v) is 16.7. The SMILES string of the molecule is CCCCc1ccc(CCc2ccc(-c3ccc(CCC)cc3)nc2)cc1. The summed E-state index contributed by atoms with van der Waals surface area (Å²) in [4.78, 5) is 4.68. The van der Waals surface area contributed by atoms with Crippen LogP contribution in [0.25, 0.3) is 11.3 Å². The second kappa shape index (κ2) is 10.1. The first kappa shape index (κ1) is 19.4. The van der Waals surface area contributed by atoms with Crippen molar-refractivity contribution in [1.29, 1.82) is 0 Å². The first-order chi connectivity index (χ1) is 13.3. The van der Waals surface area contributed by atoms with Gasteiger partial charge in [-0.3, -0.25) is 4.98 Å². The molecule has 0 unspecified atom stereocenters. The fraction of sp³-hybridized carbons (Fsp3) is 0.346. The minimum absolute atomic E-state index is 1.04. The normalized spacial score (nSPS) is 10.9. The average Bonchev–Trinajstić information content (AvgIpc) is 2.73. The van der Waals surface area contributed by atoms with Crippen molar-refractivity contribution < 1.29 is 0 Å². The van der Waals surface area contributed by atoms with Crippen LogP contribution < -0.4 is 0 Å². The van der Waals surface area contributed by atoms with Crippen LogP contribution in [0.15, 0.2) is 66.9 Å². The molecule has 0 aliphatic rings. The Morgan fingerprint density at radius 1 is 0.556 bits per heavy atom. The molecule has 0 aliphatic heterocycles. The van der Waals surface area contributed by atoms with Gasteiger partial charge in [-0.15, -0.1) is 0 Å². The average molecular weight is 358 g/mol. The van der Waals surface area contributed by atoms with Gasteiger partial charge in [0.05, 0.1) is 5.69 Å². The van der Waals surface area contributed by atoms with Crippen molar-refractivity contribution in [2.45, 2.75) is 58.8 Å². The Kier molecular flexibility index (Phi) is 7.21. The molecule has 1 nitrogen and oxygen atoms in total. The second-order valence-electron chi connectivity index (χ2n) is 7.42. The van der Waals surface area contributed by atoms with Crippen LogP contribution >= 0.6 is 0 Å². The smallest absolute Gasteiger partial charge is 0.0702 e. The molecule has 0 aliphatic carbocycles. The van der Waals surface area contributed by atoms with Crippen LogP contribution in [0.4, 0.5) is 0 Å². The van der Waals surface area contributed by atoms with Crippen molar-refractivity contribution >= 4 is 0 Å². The number of rotatable bonds is 9. The van der Waals surface area contributed by atoms with Gasteiger partial charge in [-0.25, -0.2) is 0 Å². The number of benzene rings is 2. The molecule has 0 saturated carbocycles. The third kappa shape index (κ3) is 5.79. The van der Waals surface area contributed by atoms with Gasteiger partial charge in [0.2, 0.25) is 0 Å². The van der Waals surface area contributed by atoms with Gasteiger partial charge in [0.15, 0.2) is 0 Å². The standard InChI is InChI=1S/C26H31N/c1-3-5-7-22-8-10-23(11-9-22)12-13-24-16-19-26(27-20-24)25-17-14-21(6-4-2)15-18-25/h8-11,14-20H,3-7,12-13H2,1-2H3. The van der Waals surface area contributed by atoms with E-state index in [0.29, 0.717) is 0 Å². The summed E-state index contributed by atoms with van der Waals surface area (Å²) in [6.45, 7) is 4.46. The van der Waals surface area contributed by atoms with Crippen molar-refractivity contribution in [2.24, 2.45) is 0 Å². The Bertz CT molecular complexity index is 798. The van der Waals surface area contributed by atoms with Gasteiger partial charge in [0.1, 0.15) is 0 Å². The largest absolute Gasteiger partial charge is 0.256 e. The number of unbranched alkanes of at least 4 members (excludes halogenated alkanes) is 1. The molecule has 0 spiro atoms. The molecule has 0 fully saturated rings. The van der Waals surface area contributed by atoms with Gasteiger partial charge in [-0.2, -0.15) is 0 Å². The van der Waals surface area contributed by atoms with Crippen molar-refractivity contribution in [1.82, 2.24) is 4.98 Å². The Hall–Kier alpha value is -2.41. The van der Waals surface area contributed by atoms with Gasteiger partial charge < -0.3 is 0 Å². The van der Waals surface area contributed by atoms with Crippen molar-refractivity contribution in [3.8, 4) is 11.3 Å². The molecule has 3 aromatic rings. The molecule has 0 radical (unpaired) electrons. The van der Waals surface area contributed by atoms with Gasteiger partial charge in [-0.1, -0.05) is 81.3 Å². The van der Waals surface area contributed by atoms with Crippen LogP contribution in [-0.2, 0) is 25.7 Å². The number of hydrogen-bond acceptors (Lipinski definition) is 1. The summed E-state index contributed by atoms with van der Waals surface area (Å²) >= 11 is 0. The third-order valence-corrected chi connectivity index (χ3v) is 5.16. The van der Waals surface area contributed by atoms with E-state index in [-0.39, 0.29) is 0 Å². The number of nitrogens with zero attached hydrogens (tertiary/aromatic N) is 1. The fourth-order valence-corrected chi connectivity index (χ4v) is 3.42. The molecular weight excluding hydrogens is 326 g/mol. The first-order valence-electron chi connectivity index (χ1n) is 10.4. The van der Waals surface area contributed by atoms with Gasteiger partial charge >= 0.3 is 0 Å². The maximum Gasteiger partial charge on any atom is 0.0702 e. The zero-order chi connectivity index (χ0) is 18.9. The summed E-state index contributed by atoms with van der Waals surface area (Å²) in [6.07, 6.45) is 10.2. The van der Waals surface area contributed by atoms with Crippen molar-refractivity contribution in [3.63, 3.8) is 0 Å². The quantitative estimate of drug-likeness (QED) is 0.409. The lowest BCUT2D eigenvalue weighted by molar-refractivity contribution is 0.794. The van der Waals surface area contributed by atoms with E-state index in [2.05, 4.69) is 79.5 Å². The number of pyridine rings is 1. The van der Waals surface area contributed by atoms with Crippen LogP contribution in [0.2, 0.25) is 0 Å². The van der Waals surface area contributed by atoms with Crippen LogP contribution in [0.1, 0.15) is 55.4 Å². The number of hydrogen-bond donors (Lipinski definition) is 0. The van der Waals surface area contributed by atoms with Crippen LogP contribution in [-0.4, -0.2) is 4.98 Å². The zero-order valence-electron chi connectivity index (χ0n) is 16.7. The molecule has 27 heavy (non-hydrogen) atoms. The minimum Gasteiger partial charge on any atom is -0.256 e. The molecule has 0 N–H and O–H groups in total.